The van der Waals surface area contributed by atoms with Crippen LogP contribution in [0.1, 0.15) is 34.1 Å². The van der Waals surface area contributed by atoms with Crippen molar-refractivity contribution < 1.29 is 27.2 Å². The number of carbonyl (C=O) groups excluding carboxylic acids is 2. The van der Waals surface area contributed by atoms with E-state index in [9.17, 15) is 18.4 Å². The monoisotopic (exact) mass is 521 g/mol. The van der Waals surface area contributed by atoms with Gasteiger partial charge in [-0.25, -0.2) is 13.2 Å². The number of nitrogens with one attached hydrogen (secondary N) is 3. The van der Waals surface area contributed by atoms with E-state index < -0.39 is 29.3 Å². The van der Waals surface area contributed by atoms with Gasteiger partial charge in [0.25, 0.3) is 11.8 Å². The van der Waals surface area contributed by atoms with E-state index in [1.54, 1.807) is 18.2 Å². The molecule has 0 aliphatic rings. The van der Waals surface area contributed by atoms with Crippen molar-refractivity contribution in [3.05, 3.63) is 89.8 Å². The third kappa shape index (κ3) is 5.13. The molecule has 0 unspecified atom stereocenters. The van der Waals surface area contributed by atoms with E-state index in [2.05, 4.69) is 22.5 Å². The predicted molar refractivity (Wildman–Crippen MR) is 142 cm³/mol. The van der Waals surface area contributed by atoms with E-state index >= 15 is 4.39 Å². The number of carbonyl (C=O) groups is 2. The summed E-state index contributed by atoms with van der Waals surface area (Å²) in [5.74, 6) is -3.27. The topological polar surface area (TPSA) is 83.4 Å². The van der Waals surface area contributed by atoms with Crippen molar-refractivity contribution in [2.45, 2.75) is 13.3 Å². The fourth-order valence-corrected chi connectivity index (χ4v) is 4.17. The van der Waals surface area contributed by atoms with Gasteiger partial charge in [-0.15, -0.1) is 6.58 Å². The minimum Gasteiger partial charge on any atom is -0.455 e. The van der Waals surface area contributed by atoms with Crippen molar-refractivity contribution in [1.29, 1.82) is 0 Å². The Labute approximate surface area is 217 Å². The van der Waals surface area contributed by atoms with Crippen molar-refractivity contribution in [3.8, 4) is 22.5 Å². The number of furan rings is 1. The fraction of sp³-hybridized carbons (Fsp3) is 0.172. The number of benzene rings is 3. The Morgan fingerprint density at radius 3 is 2.37 bits per heavy atom. The zero-order chi connectivity index (χ0) is 27.4. The zero-order valence-electron chi connectivity index (χ0n) is 20.9. The van der Waals surface area contributed by atoms with Gasteiger partial charge in [-0.05, 0) is 49.7 Å². The Morgan fingerprint density at radius 1 is 0.974 bits per heavy atom. The van der Waals surface area contributed by atoms with Gasteiger partial charge in [0.2, 0.25) is 0 Å². The predicted octanol–water partition coefficient (Wildman–Crippen LogP) is 6.28. The summed E-state index contributed by atoms with van der Waals surface area (Å²) in [7, 11) is 1.46. The quantitative estimate of drug-likeness (QED) is 0.179. The van der Waals surface area contributed by atoms with Gasteiger partial charge >= 0.3 is 0 Å². The molecular formula is C29H26F3N3O3. The molecule has 0 fully saturated rings. The van der Waals surface area contributed by atoms with E-state index in [1.807, 2.05) is 6.92 Å². The van der Waals surface area contributed by atoms with E-state index in [0.29, 0.717) is 46.8 Å². The first-order valence-electron chi connectivity index (χ1n) is 12.0. The molecule has 9 heteroatoms. The first-order valence-corrected chi connectivity index (χ1v) is 12.0. The number of halogens is 3. The normalized spacial score (nSPS) is 10.9. The van der Waals surface area contributed by atoms with Crippen LogP contribution >= 0.6 is 0 Å². The summed E-state index contributed by atoms with van der Waals surface area (Å²) in [6.07, 6.45) is 2.10. The number of anilines is 1. The average Bonchev–Trinajstić information content (AvgIpc) is 3.27. The molecule has 0 saturated heterocycles. The minimum absolute atomic E-state index is 0.0366. The van der Waals surface area contributed by atoms with Crippen molar-refractivity contribution in [3.63, 3.8) is 0 Å². The van der Waals surface area contributed by atoms with Crippen LogP contribution in [0.3, 0.4) is 0 Å². The van der Waals surface area contributed by atoms with Gasteiger partial charge in [-0.1, -0.05) is 6.08 Å². The van der Waals surface area contributed by atoms with Crippen LogP contribution in [0.4, 0.5) is 18.9 Å². The molecule has 0 spiro atoms. The third-order valence-corrected chi connectivity index (χ3v) is 5.98. The van der Waals surface area contributed by atoms with Gasteiger partial charge in [0.05, 0.1) is 11.1 Å². The lowest BCUT2D eigenvalue weighted by Crippen LogP contribution is -2.25. The summed E-state index contributed by atoms with van der Waals surface area (Å²) in [5.41, 5.74) is 1.36. The van der Waals surface area contributed by atoms with Crippen LogP contribution in [-0.4, -0.2) is 32.0 Å². The smallest absolute Gasteiger partial charge is 0.255 e. The molecule has 0 aliphatic heterocycles. The molecule has 6 nitrogen and oxygen atoms in total. The number of rotatable bonds is 9. The van der Waals surface area contributed by atoms with Crippen molar-refractivity contribution >= 4 is 28.5 Å². The molecular weight excluding hydrogens is 495 g/mol. The van der Waals surface area contributed by atoms with E-state index in [0.717, 1.165) is 6.07 Å². The Hall–Kier alpha value is -4.53. The summed E-state index contributed by atoms with van der Waals surface area (Å²) >= 11 is 0. The first-order chi connectivity index (χ1) is 18.3. The Balaban J connectivity index is 1.95. The molecule has 4 rings (SSSR count). The highest BCUT2D eigenvalue weighted by Crippen LogP contribution is 2.40. The maximum Gasteiger partial charge on any atom is 0.255 e. The third-order valence-electron chi connectivity index (χ3n) is 5.98. The minimum atomic E-state index is -0.999. The van der Waals surface area contributed by atoms with E-state index in [4.69, 9.17) is 4.42 Å². The second-order valence-electron chi connectivity index (χ2n) is 8.46. The Bertz CT molecular complexity index is 1530. The molecule has 3 N–H and O–H groups in total. The summed E-state index contributed by atoms with van der Waals surface area (Å²) < 4.78 is 49.4. The summed E-state index contributed by atoms with van der Waals surface area (Å²) in [6, 6.07) is 10.5. The molecule has 0 saturated carbocycles. The van der Waals surface area contributed by atoms with Gasteiger partial charge in [-0.3, -0.25) is 9.59 Å². The second-order valence-corrected chi connectivity index (χ2v) is 8.46. The summed E-state index contributed by atoms with van der Waals surface area (Å²) in [5, 5.41) is 8.66. The van der Waals surface area contributed by atoms with Crippen LogP contribution in [0.2, 0.25) is 0 Å². The van der Waals surface area contributed by atoms with Gasteiger partial charge in [0.15, 0.2) is 0 Å². The highest BCUT2D eigenvalue weighted by atomic mass is 19.1. The first kappa shape index (κ1) is 26.5. The van der Waals surface area contributed by atoms with E-state index in [-0.39, 0.29) is 29.0 Å². The Kier molecular flexibility index (Phi) is 7.85. The lowest BCUT2D eigenvalue weighted by molar-refractivity contribution is 0.0946. The Morgan fingerprint density at radius 2 is 1.71 bits per heavy atom. The lowest BCUT2D eigenvalue weighted by Gasteiger charge is -2.14. The number of hydrogen-bond donors (Lipinski definition) is 3. The lowest BCUT2D eigenvalue weighted by atomic mass is 9.96. The molecule has 3 aromatic carbocycles. The van der Waals surface area contributed by atoms with Crippen LogP contribution in [0, 0.1) is 17.5 Å². The molecule has 1 heterocycles. The maximum absolute atomic E-state index is 15.2. The molecule has 38 heavy (non-hydrogen) atoms. The standard InChI is InChI=1S/C29H26F3N3O3/c1-4-6-11-35-28(36)20-12-18(22(31)14-23(20)32)19-13-21-25(15-24(19)34-5-2)38-27(26(21)29(37)33-3)16-7-9-17(30)10-8-16/h4,7-10,12-15,34H,1,5-6,11H2,2-3H3,(H,33,37)(H,35,36). The highest BCUT2D eigenvalue weighted by molar-refractivity contribution is 6.13. The highest BCUT2D eigenvalue weighted by Gasteiger charge is 2.25. The molecule has 0 atom stereocenters. The van der Waals surface area contributed by atoms with Gasteiger partial charge < -0.3 is 20.4 Å². The number of fused-ring (bicyclic) bond motifs is 1. The SMILES string of the molecule is C=CCCNC(=O)c1cc(-c2cc3c(C(=O)NC)c(-c4ccc(F)cc4)oc3cc2NCC)c(F)cc1F. The summed E-state index contributed by atoms with van der Waals surface area (Å²) in [4.78, 5) is 25.6. The average molecular weight is 522 g/mol. The van der Waals surface area contributed by atoms with Crippen LogP contribution in [0.25, 0.3) is 33.4 Å². The molecule has 0 bridgehead atoms. The largest absolute Gasteiger partial charge is 0.455 e. The maximum atomic E-state index is 15.2. The fourth-order valence-electron chi connectivity index (χ4n) is 4.17. The van der Waals surface area contributed by atoms with Gasteiger partial charge in [-0.2, -0.15) is 0 Å². The van der Waals surface area contributed by atoms with Crippen LogP contribution < -0.4 is 16.0 Å². The number of hydrogen-bond acceptors (Lipinski definition) is 4. The molecule has 196 valence electrons. The van der Waals surface area contributed by atoms with Crippen LogP contribution in [0.5, 0.6) is 0 Å². The van der Waals surface area contributed by atoms with E-state index in [1.165, 1.54) is 31.3 Å². The van der Waals surface area contributed by atoms with Crippen molar-refractivity contribution in [1.82, 2.24) is 10.6 Å². The molecule has 0 aliphatic carbocycles. The zero-order valence-corrected chi connectivity index (χ0v) is 20.9. The molecule has 1 aromatic heterocycles. The molecule has 0 radical (unpaired) electrons. The van der Waals surface area contributed by atoms with Gasteiger partial charge in [0.1, 0.15) is 28.8 Å². The number of amides is 2. The second kappa shape index (κ2) is 11.2. The van der Waals surface area contributed by atoms with Gasteiger partial charge in [0, 0.05) is 60.0 Å². The van der Waals surface area contributed by atoms with Crippen molar-refractivity contribution in [2.24, 2.45) is 0 Å². The summed E-state index contributed by atoms with van der Waals surface area (Å²) in [6.45, 7) is 6.14. The molecule has 2 amide bonds. The van der Waals surface area contributed by atoms with Crippen LogP contribution in [-0.2, 0) is 0 Å². The van der Waals surface area contributed by atoms with Crippen LogP contribution in [0.15, 0.2) is 65.6 Å². The molecule has 4 aromatic rings. The van der Waals surface area contributed by atoms with Crippen molar-refractivity contribution in [2.75, 3.05) is 25.5 Å².